The Labute approximate surface area is 168 Å². The number of aliphatic hydroxyl groups is 2. The number of imidazole rings is 1. The van der Waals surface area contributed by atoms with E-state index in [0.29, 0.717) is 60.4 Å². The van der Waals surface area contributed by atoms with Crippen LogP contribution in [0.15, 0.2) is 24.5 Å². The van der Waals surface area contributed by atoms with E-state index in [1.54, 1.807) is 0 Å². The van der Waals surface area contributed by atoms with Crippen molar-refractivity contribution < 1.29 is 19.7 Å². The summed E-state index contributed by atoms with van der Waals surface area (Å²) in [6, 6.07) is 5.72. The fourth-order valence-electron chi connectivity index (χ4n) is 3.94. The highest BCUT2D eigenvalue weighted by atomic mass is 16.6. The van der Waals surface area contributed by atoms with Crippen LogP contribution in [-0.2, 0) is 0 Å². The Morgan fingerprint density at radius 1 is 1.17 bits per heavy atom. The number of H-pyrrole nitrogens is 1. The van der Waals surface area contributed by atoms with Gasteiger partial charge >= 0.3 is 0 Å². The van der Waals surface area contributed by atoms with Gasteiger partial charge in [0.1, 0.15) is 30.9 Å². The number of aromatic nitrogens is 4. The molecule has 0 unspecified atom stereocenters. The Hall–Kier alpha value is -2.91. The van der Waals surface area contributed by atoms with Gasteiger partial charge in [0.2, 0.25) is 0 Å². The molecule has 0 amide bonds. The molecule has 1 aromatic carbocycles. The van der Waals surface area contributed by atoms with Gasteiger partial charge in [0.25, 0.3) is 0 Å². The van der Waals surface area contributed by atoms with Crippen LogP contribution in [0.3, 0.4) is 0 Å². The number of rotatable bonds is 4. The molecule has 9 nitrogen and oxygen atoms in total. The molecule has 2 aliphatic rings. The summed E-state index contributed by atoms with van der Waals surface area (Å²) in [5.74, 6) is 2.51. The van der Waals surface area contributed by atoms with Crippen molar-refractivity contribution in [1.82, 2.24) is 19.9 Å². The smallest absolute Gasteiger partial charge is 0.183 e. The number of nitrogens with zero attached hydrogens (tertiary/aromatic N) is 3. The summed E-state index contributed by atoms with van der Waals surface area (Å²) in [5, 5.41) is 22.8. The second-order valence-electron chi connectivity index (χ2n) is 7.16. The van der Waals surface area contributed by atoms with Gasteiger partial charge in [-0.25, -0.2) is 15.0 Å². The fraction of sp³-hybridized carbons (Fsp3) is 0.450. The maximum atomic E-state index is 10.0. The van der Waals surface area contributed by atoms with Gasteiger partial charge < -0.3 is 30.0 Å². The number of nitrogens with one attached hydrogen (secondary N) is 2. The van der Waals surface area contributed by atoms with Crippen molar-refractivity contribution in [3.8, 4) is 22.9 Å². The summed E-state index contributed by atoms with van der Waals surface area (Å²) in [5.41, 5.74) is 2.03. The first-order chi connectivity index (χ1) is 13.7. The van der Waals surface area contributed by atoms with Crippen LogP contribution >= 0.6 is 0 Å². The number of hydrogen-bond donors (Lipinski definition) is 4. The number of para-hydroxylation sites is 1. The van der Waals surface area contributed by atoms with Gasteiger partial charge in [-0.2, -0.15) is 0 Å². The van der Waals surface area contributed by atoms with Crippen molar-refractivity contribution >= 4 is 17.0 Å². The molecule has 9 heteroatoms. The zero-order valence-corrected chi connectivity index (χ0v) is 15.1. The Kier molecular flexibility index (Phi) is 5.25. The molecule has 2 aromatic heterocycles. The normalized spacial score (nSPS) is 23.0. The number of aromatic amines is 1. The largest absolute Gasteiger partial charge is 0.486 e. The Bertz CT molecular complexity index is 1010. The van der Waals surface area contributed by atoms with Gasteiger partial charge in [0.15, 0.2) is 23.0 Å². The maximum absolute atomic E-state index is 10.0. The third-order valence-corrected chi connectivity index (χ3v) is 5.34. The molecule has 1 aliphatic heterocycles. The Morgan fingerprint density at radius 3 is 2.86 bits per heavy atom. The molecule has 1 fully saturated rings. The van der Waals surface area contributed by atoms with E-state index in [-0.39, 0.29) is 26.0 Å². The van der Waals surface area contributed by atoms with Crippen molar-refractivity contribution in [3.63, 3.8) is 0 Å². The molecular weight excluding hydrogens is 374 g/mol. The Balaban J connectivity index is 0.00000205. The number of hydrogen-bond acceptors (Lipinski definition) is 8. The quantitative estimate of drug-likeness (QED) is 0.525. The molecule has 29 heavy (non-hydrogen) atoms. The third-order valence-electron chi connectivity index (χ3n) is 5.34. The second-order valence-corrected chi connectivity index (χ2v) is 7.16. The lowest BCUT2D eigenvalue weighted by Crippen LogP contribution is -2.17. The molecule has 154 valence electrons. The third kappa shape index (κ3) is 3.47. The first-order valence-electron chi connectivity index (χ1n) is 9.38. The summed E-state index contributed by atoms with van der Waals surface area (Å²) in [6.45, 7) is 0.999. The SMILES string of the molecule is C.OC[C@@H]1C[C@@H](Nc2ncnc3nc(-c4cccc5c4OCCO5)[nH]c23)C[C@@H]1O. The molecule has 5 rings (SSSR count). The molecular formula is C20H25N5O4. The molecule has 0 bridgehead atoms. The van der Waals surface area contributed by atoms with Crippen molar-refractivity contribution in [2.24, 2.45) is 5.92 Å². The first kappa shape index (κ1) is 19.4. The highest BCUT2D eigenvalue weighted by Gasteiger charge is 2.33. The lowest BCUT2D eigenvalue weighted by Gasteiger charge is -2.20. The average Bonchev–Trinajstić information content (AvgIpc) is 3.31. The second kappa shape index (κ2) is 7.84. The number of ether oxygens (including phenoxy) is 2. The van der Waals surface area contributed by atoms with Crippen molar-refractivity contribution in [3.05, 3.63) is 24.5 Å². The van der Waals surface area contributed by atoms with Crippen LogP contribution in [0.4, 0.5) is 5.82 Å². The van der Waals surface area contributed by atoms with Gasteiger partial charge in [-0.15, -0.1) is 0 Å². The van der Waals surface area contributed by atoms with E-state index in [2.05, 4.69) is 25.3 Å². The molecule has 3 aromatic rings. The van der Waals surface area contributed by atoms with Crippen molar-refractivity contribution in [2.75, 3.05) is 25.1 Å². The molecule has 0 saturated heterocycles. The van der Waals surface area contributed by atoms with Gasteiger partial charge in [-0.3, -0.25) is 0 Å². The van der Waals surface area contributed by atoms with E-state index in [1.165, 1.54) is 6.33 Å². The zero-order chi connectivity index (χ0) is 19.1. The van der Waals surface area contributed by atoms with E-state index in [9.17, 15) is 10.2 Å². The summed E-state index contributed by atoms with van der Waals surface area (Å²) >= 11 is 0. The van der Waals surface area contributed by atoms with Gasteiger partial charge in [0, 0.05) is 18.6 Å². The number of anilines is 1. The van der Waals surface area contributed by atoms with E-state index in [1.807, 2.05) is 18.2 Å². The number of benzene rings is 1. The summed E-state index contributed by atoms with van der Waals surface area (Å²) in [4.78, 5) is 16.5. The lowest BCUT2D eigenvalue weighted by molar-refractivity contribution is 0.0908. The molecule has 3 atom stereocenters. The fourth-order valence-corrected chi connectivity index (χ4v) is 3.94. The van der Waals surface area contributed by atoms with E-state index >= 15 is 0 Å². The highest BCUT2D eigenvalue weighted by Crippen LogP contribution is 2.39. The van der Waals surface area contributed by atoms with E-state index < -0.39 is 6.10 Å². The zero-order valence-electron chi connectivity index (χ0n) is 15.1. The molecule has 3 heterocycles. The van der Waals surface area contributed by atoms with Crippen LogP contribution < -0.4 is 14.8 Å². The summed E-state index contributed by atoms with van der Waals surface area (Å²) in [7, 11) is 0. The van der Waals surface area contributed by atoms with Crippen LogP contribution in [0.2, 0.25) is 0 Å². The number of aliphatic hydroxyl groups excluding tert-OH is 2. The molecule has 0 spiro atoms. The Morgan fingerprint density at radius 2 is 2.03 bits per heavy atom. The van der Waals surface area contributed by atoms with E-state index in [0.717, 1.165) is 5.56 Å². The highest BCUT2D eigenvalue weighted by molar-refractivity contribution is 5.86. The predicted molar refractivity (Wildman–Crippen MR) is 108 cm³/mol. The minimum absolute atomic E-state index is 0. The van der Waals surface area contributed by atoms with Crippen LogP contribution in [0, 0.1) is 5.92 Å². The van der Waals surface area contributed by atoms with Crippen LogP contribution in [0.5, 0.6) is 11.5 Å². The molecule has 1 saturated carbocycles. The van der Waals surface area contributed by atoms with Crippen LogP contribution in [-0.4, -0.2) is 62.1 Å². The monoisotopic (exact) mass is 399 g/mol. The lowest BCUT2D eigenvalue weighted by atomic mass is 10.1. The minimum Gasteiger partial charge on any atom is -0.486 e. The topological polar surface area (TPSA) is 125 Å². The predicted octanol–water partition coefficient (Wildman–Crippen LogP) is 1.97. The van der Waals surface area contributed by atoms with Crippen molar-refractivity contribution in [2.45, 2.75) is 32.4 Å². The van der Waals surface area contributed by atoms with Crippen LogP contribution in [0.25, 0.3) is 22.6 Å². The first-order valence-corrected chi connectivity index (χ1v) is 9.38. The number of fused-ring (bicyclic) bond motifs is 2. The van der Waals surface area contributed by atoms with Gasteiger partial charge in [0.05, 0.1) is 11.7 Å². The molecule has 4 N–H and O–H groups in total. The van der Waals surface area contributed by atoms with Gasteiger partial charge in [-0.05, 0) is 25.0 Å². The summed E-state index contributed by atoms with van der Waals surface area (Å²) in [6.07, 6.45) is 2.20. The standard InChI is InChI=1S/C19H21N5O4.CH4/c25-8-10-6-11(7-13(10)26)22-18-15-19(21-9-20-18)24-17(23-15)12-2-1-3-14-16(12)28-5-4-27-14;/h1-3,9-11,13,25-26H,4-8H2,(H2,20,21,22,23,24);1H4/t10-,11+,13-;/m0./s1. The van der Waals surface area contributed by atoms with Crippen LogP contribution in [0.1, 0.15) is 20.3 Å². The maximum Gasteiger partial charge on any atom is 0.183 e. The van der Waals surface area contributed by atoms with E-state index in [4.69, 9.17) is 9.47 Å². The molecule has 1 aliphatic carbocycles. The molecule has 0 radical (unpaired) electrons. The average molecular weight is 399 g/mol. The summed E-state index contributed by atoms with van der Waals surface area (Å²) < 4.78 is 11.4. The minimum atomic E-state index is -0.509. The van der Waals surface area contributed by atoms with Crippen molar-refractivity contribution in [1.29, 1.82) is 0 Å². The van der Waals surface area contributed by atoms with Gasteiger partial charge in [-0.1, -0.05) is 13.5 Å².